The van der Waals surface area contributed by atoms with Gasteiger partial charge in [0.2, 0.25) is 0 Å². The van der Waals surface area contributed by atoms with E-state index in [0.717, 1.165) is 10.9 Å². The lowest BCUT2D eigenvalue weighted by Crippen LogP contribution is -2.12. The van der Waals surface area contributed by atoms with Crippen molar-refractivity contribution in [3.05, 3.63) is 90.5 Å². The van der Waals surface area contributed by atoms with E-state index in [1.165, 1.54) is 11.9 Å². The fraction of sp³-hybridized carbons (Fsp3) is 0.0500. The number of para-hydroxylation sites is 1. The number of nitrogens with one attached hydrogen (secondary N) is 1. The van der Waals surface area contributed by atoms with Crippen molar-refractivity contribution in [2.75, 3.05) is 5.32 Å². The van der Waals surface area contributed by atoms with Crippen LogP contribution in [0.1, 0.15) is 15.9 Å². The average Bonchev–Trinajstić information content (AvgIpc) is 3.02. The predicted molar refractivity (Wildman–Crippen MR) is 97.5 cm³/mol. The van der Waals surface area contributed by atoms with E-state index in [2.05, 4.69) is 32.0 Å². The minimum Gasteiger partial charge on any atom is -0.342 e. The first kappa shape index (κ1) is 15.1. The fourth-order valence-electron chi connectivity index (χ4n) is 2.89. The summed E-state index contributed by atoms with van der Waals surface area (Å²) in [5.74, 6) is 0.307. The van der Waals surface area contributed by atoms with E-state index >= 15 is 0 Å². The van der Waals surface area contributed by atoms with Gasteiger partial charge in [-0.3, -0.25) is 4.79 Å². The Balaban J connectivity index is 1.71. The highest BCUT2D eigenvalue weighted by molar-refractivity contribution is 6.12. The van der Waals surface area contributed by atoms with Gasteiger partial charge in [0, 0.05) is 29.8 Å². The van der Waals surface area contributed by atoms with Crippen molar-refractivity contribution in [3.63, 3.8) is 0 Å². The van der Waals surface area contributed by atoms with E-state index in [1.807, 2.05) is 48.7 Å². The van der Waals surface area contributed by atoms with Gasteiger partial charge in [0.25, 0.3) is 5.91 Å². The smallest absolute Gasteiger partial charge is 0.258 e. The minimum absolute atomic E-state index is 0.179. The quantitative estimate of drug-likeness (QED) is 0.621. The van der Waals surface area contributed by atoms with Crippen LogP contribution in [-0.4, -0.2) is 20.4 Å². The molecule has 5 nitrogen and oxygen atoms in total. The molecule has 0 atom stereocenters. The largest absolute Gasteiger partial charge is 0.342 e. The highest BCUT2D eigenvalue weighted by Crippen LogP contribution is 2.23. The predicted octanol–water partition coefficient (Wildman–Crippen LogP) is 3.73. The molecule has 0 radical (unpaired) electrons. The Hall–Kier alpha value is -3.47. The molecule has 4 aromatic rings. The Bertz CT molecular complexity index is 1010. The van der Waals surface area contributed by atoms with Crippen molar-refractivity contribution < 1.29 is 4.79 Å². The molecule has 122 valence electrons. The molecule has 25 heavy (non-hydrogen) atoms. The third kappa shape index (κ3) is 3.12. The summed E-state index contributed by atoms with van der Waals surface area (Å²) in [6.07, 6.45) is 4.91. The molecule has 2 heterocycles. The highest BCUT2D eigenvalue weighted by Gasteiger charge is 2.15. The van der Waals surface area contributed by atoms with Crippen molar-refractivity contribution in [3.8, 4) is 0 Å². The zero-order valence-corrected chi connectivity index (χ0v) is 13.5. The summed E-state index contributed by atoms with van der Waals surface area (Å²) in [6.45, 7) is 0.710. The minimum atomic E-state index is -0.179. The zero-order chi connectivity index (χ0) is 17.1. The molecule has 5 heteroatoms. The maximum absolute atomic E-state index is 12.7. The maximum Gasteiger partial charge on any atom is 0.258 e. The lowest BCUT2D eigenvalue weighted by atomic mass is 10.1. The summed E-state index contributed by atoms with van der Waals surface area (Å²) in [5, 5.41) is 3.75. The molecule has 0 aliphatic heterocycles. The summed E-state index contributed by atoms with van der Waals surface area (Å²) < 4.78 is 2.10. The molecule has 1 N–H and O–H groups in total. The van der Waals surface area contributed by atoms with Crippen LogP contribution in [0.15, 0.2) is 79.4 Å². The number of hydrogen-bond acceptors (Lipinski definition) is 3. The van der Waals surface area contributed by atoms with Crippen LogP contribution < -0.4 is 5.32 Å². The molecule has 0 saturated carbocycles. The Morgan fingerprint density at radius 3 is 2.60 bits per heavy atom. The Labute approximate surface area is 145 Å². The molecule has 0 aliphatic carbocycles. The van der Waals surface area contributed by atoms with Crippen molar-refractivity contribution in [1.29, 1.82) is 0 Å². The van der Waals surface area contributed by atoms with Crippen molar-refractivity contribution in [2.45, 2.75) is 6.54 Å². The van der Waals surface area contributed by atoms with Gasteiger partial charge in [0.15, 0.2) is 0 Å². The number of nitrogens with zero attached hydrogens (tertiary/aromatic N) is 3. The number of anilines is 1. The fourth-order valence-corrected chi connectivity index (χ4v) is 2.89. The molecular weight excluding hydrogens is 312 g/mol. The number of benzene rings is 2. The first-order valence-electron chi connectivity index (χ1n) is 8.00. The van der Waals surface area contributed by atoms with Gasteiger partial charge in [-0.05, 0) is 17.7 Å². The van der Waals surface area contributed by atoms with E-state index in [1.54, 1.807) is 12.3 Å². The summed E-state index contributed by atoms with van der Waals surface area (Å²) in [6, 6.07) is 19.8. The van der Waals surface area contributed by atoms with Gasteiger partial charge < -0.3 is 9.88 Å². The summed E-state index contributed by atoms with van der Waals surface area (Å²) >= 11 is 0. The number of aromatic nitrogens is 3. The molecular formula is C20H16N4O. The maximum atomic E-state index is 12.7. The van der Waals surface area contributed by atoms with Crippen LogP contribution in [-0.2, 0) is 6.54 Å². The Kier molecular flexibility index (Phi) is 3.96. The first-order chi connectivity index (χ1) is 12.3. The van der Waals surface area contributed by atoms with Crippen LogP contribution in [0.3, 0.4) is 0 Å². The molecule has 0 aliphatic rings. The standard InChI is InChI=1S/C20H16N4O/c25-20(23-19-10-11-21-14-22-19)17-13-24(12-15-6-2-1-3-7-15)18-9-5-4-8-16(17)18/h1-11,13-14H,12H2,(H,21,22,23,25). The molecule has 2 aromatic heterocycles. The Morgan fingerprint density at radius 1 is 1.00 bits per heavy atom. The zero-order valence-electron chi connectivity index (χ0n) is 13.5. The number of hydrogen-bond donors (Lipinski definition) is 1. The van der Waals surface area contributed by atoms with Gasteiger partial charge >= 0.3 is 0 Å². The van der Waals surface area contributed by atoms with Crippen LogP contribution in [0.25, 0.3) is 10.9 Å². The van der Waals surface area contributed by atoms with Crippen LogP contribution in [0.4, 0.5) is 5.82 Å². The topological polar surface area (TPSA) is 59.8 Å². The lowest BCUT2D eigenvalue weighted by Gasteiger charge is -2.05. The lowest BCUT2D eigenvalue weighted by molar-refractivity contribution is 0.102. The SMILES string of the molecule is O=C(Nc1ccncn1)c1cn(Cc2ccccc2)c2ccccc12. The van der Waals surface area contributed by atoms with E-state index in [4.69, 9.17) is 0 Å². The molecule has 2 aromatic carbocycles. The third-order valence-electron chi connectivity index (χ3n) is 4.05. The molecule has 1 amide bonds. The normalized spacial score (nSPS) is 10.7. The summed E-state index contributed by atoms with van der Waals surface area (Å²) in [7, 11) is 0. The molecule has 0 fully saturated rings. The van der Waals surface area contributed by atoms with E-state index in [0.29, 0.717) is 17.9 Å². The van der Waals surface area contributed by atoms with Gasteiger partial charge in [0.05, 0.1) is 5.56 Å². The van der Waals surface area contributed by atoms with Gasteiger partial charge in [-0.2, -0.15) is 0 Å². The van der Waals surface area contributed by atoms with E-state index in [9.17, 15) is 4.79 Å². The molecule has 0 spiro atoms. The number of fused-ring (bicyclic) bond motifs is 1. The monoisotopic (exact) mass is 328 g/mol. The van der Waals surface area contributed by atoms with Crippen LogP contribution >= 0.6 is 0 Å². The van der Waals surface area contributed by atoms with E-state index < -0.39 is 0 Å². The summed E-state index contributed by atoms with van der Waals surface area (Å²) in [5.41, 5.74) is 2.84. The highest BCUT2D eigenvalue weighted by atomic mass is 16.1. The second-order valence-corrected chi connectivity index (χ2v) is 5.72. The van der Waals surface area contributed by atoms with Crippen molar-refractivity contribution in [1.82, 2.24) is 14.5 Å². The number of rotatable bonds is 4. The molecule has 0 saturated heterocycles. The molecule has 4 rings (SSSR count). The van der Waals surface area contributed by atoms with Crippen LogP contribution in [0, 0.1) is 0 Å². The molecule has 0 unspecified atom stereocenters. The van der Waals surface area contributed by atoms with Crippen molar-refractivity contribution in [2.24, 2.45) is 0 Å². The van der Waals surface area contributed by atoms with E-state index in [-0.39, 0.29) is 5.91 Å². The second kappa shape index (κ2) is 6.57. The Morgan fingerprint density at radius 2 is 1.80 bits per heavy atom. The van der Waals surface area contributed by atoms with Gasteiger partial charge in [0.1, 0.15) is 12.1 Å². The number of amides is 1. The number of carbonyl (C=O) groups is 1. The number of carbonyl (C=O) groups excluding carboxylic acids is 1. The summed E-state index contributed by atoms with van der Waals surface area (Å²) in [4.78, 5) is 20.6. The third-order valence-corrected chi connectivity index (χ3v) is 4.05. The van der Waals surface area contributed by atoms with Gasteiger partial charge in [-0.15, -0.1) is 0 Å². The second-order valence-electron chi connectivity index (χ2n) is 5.72. The van der Waals surface area contributed by atoms with Gasteiger partial charge in [-0.25, -0.2) is 9.97 Å². The average molecular weight is 328 g/mol. The van der Waals surface area contributed by atoms with Crippen LogP contribution in [0.5, 0.6) is 0 Å². The van der Waals surface area contributed by atoms with Crippen LogP contribution in [0.2, 0.25) is 0 Å². The van der Waals surface area contributed by atoms with Crippen molar-refractivity contribution >= 4 is 22.6 Å². The van der Waals surface area contributed by atoms with Gasteiger partial charge in [-0.1, -0.05) is 48.5 Å². The first-order valence-corrected chi connectivity index (χ1v) is 8.00. The molecule has 0 bridgehead atoms.